The first-order chi connectivity index (χ1) is 13.7. The van der Waals surface area contributed by atoms with Gasteiger partial charge < -0.3 is 5.32 Å². The summed E-state index contributed by atoms with van der Waals surface area (Å²) in [7, 11) is -3.39. The molecule has 156 valence electrons. The number of rotatable bonds is 3. The minimum atomic E-state index is -3.39. The second-order valence-corrected chi connectivity index (χ2v) is 9.84. The highest BCUT2D eigenvalue weighted by molar-refractivity contribution is 7.92. The maximum Gasteiger partial charge on any atom is 0.344 e. The number of hydrazine groups is 1. The van der Waals surface area contributed by atoms with Gasteiger partial charge in [-0.1, -0.05) is 19.3 Å². The summed E-state index contributed by atoms with van der Waals surface area (Å²) in [5, 5.41) is 3.52. The van der Waals surface area contributed by atoms with Crippen molar-refractivity contribution in [2.45, 2.75) is 50.5 Å². The van der Waals surface area contributed by atoms with Crippen molar-refractivity contribution >= 4 is 33.6 Å². The molecule has 2 fully saturated rings. The zero-order valence-corrected chi connectivity index (χ0v) is 17.0. The van der Waals surface area contributed by atoms with Crippen LogP contribution in [0.5, 0.6) is 0 Å². The molecule has 2 aliphatic heterocycles. The summed E-state index contributed by atoms with van der Waals surface area (Å²) in [5.74, 6) is -1.00. The fourth-order valence-corrected chi connectivity index (χ4v) is 5.43. The molecular formula is C19H24N4O5S. The summed E-state index contributed by atoms with van der Waals surface area (Å²) in [6.07, 6.45) is 6.34. The molecule has 29 heavy (non-hydrogen) atoms. The second kappa shape index (κ2) is 7.01. The molecule has 0 radical (unpaired) electrons. The lowest BCUT2D eigenvalue weighted by Crippen LogP contribution is -2.51. The molecule has 0 atom stereocenters. The molecular weight excluding hydrogens is 396 g/mol. The molecule has 9 nitrogen and oxygen atoms in total. The summed E-state index contributed by atoms with van der Waals surface area (Å²) in [4.78, 5) is 37.8. The lowest BCUT2D eigenvalue weighted by Gasteiger charge is -2.30. The Morgan fingerprint density at radius 1 is 1.14 bits per heavy atom. The van der Waals surface area contributed by atoms with Crippen LogP contribution in [0.25, 0.3) is 0 Å². The number of amides is 4. The van der Waals surface area contributed by atoms with E-state index >= 15 is 0 Å². The fourth-order valence-electron chi connectivity index (χ4n) is 4.43. The van der Waals surface area contributed by atoms with Crippen LogP contribution in [0.1, 0.15) is 54.4 Å². The Labute approximate surface area is 169 Å². The highest BCUT2D eigenvalue weighted by Gasteiger charge is 2.52. The van der Waals surface area contributed by atoms with E-state index in [1.54, 1.807) is 12.1 Å². The van der Waals surface area contributed by atoms with E-state index in [1.165, 1.54) is 10.4 Å². The van der Waals surface area contributed by atoms with Gasteiger partial charge in [0, 0.05) is 12.1 Å². The summed E-state index contributed by atoms with van der Waals surface area (Å²) in [6.45, 7) is 0.405. The number of nitrogens with one attached hydrogen (secondary N) is 2. The number of carbonyl (C=O) groups is 3. The van der Waals surface area contributed by atoms with Crippen LogP contribution in [0.3, 0.4) is 0 Å². The molecule has 2 N–H and O–H groups in total. The summed E-state index contributed by atoms with van der Waals surface area (Å²) in [6, 6.07) is 4.11. The number of hydrogen-bond acceptors (Lipinski definition) is 5. The zero-order valence-electron chi connectivity index (χ0n) is 16.2. The molecule has 3 aliphatic rings. The van der Waals surface area contributed by atoms with Gasteiger partial charge in [-0.15, -0.1) is 0 Å². The van der Waals surface area contributed by atoms with Crippen molar-refractivity contribution in [3.05, 3.63) is 29.3 Å². The quantitative estimate of drug-likeness (QED) is 0.715. The highest BCUT2D eigenvalue weighted by Crippen LogP contribution is 2.33. The number of carbonyl (C=O) groups excluding carboxylic acids is 3. The molecule has 10 heteroatoms. The Kier molecular flexibility index (Phi) is 4.76. The van der Waals surface area contributed by atoms with Crippen LogP contribution < -0.4 is 15.0 Å². The van der Waals surface area contributed by atoms with E-state index in [1.807, 2.05) is 0 Å². The number of sulfonamides is 1. The van der Waals surface area contributed by atoms with Crippen LogP contribution in [-0.2, 0) is 21.2 Å². The van der Waals surface area contributed by atoms with Crippen molar-refractivity contribution in [2.75, 3.05) is 17.1 Å². The Morgan fingerprint density at radius 3 is 2.55 bits per heavy atom. The molecule has 1 saturated heterocycles. The zero-order chi connectivity index (χ0) is 20.8. The first-order valence-corrected chi connectivity index (χ1v) is 11.6. The monoisotopic (exact) mass is 420 g/mol. The Balaban J connectivity index is 1.54. The van der Waals surface area contributed by atoms with Crippen molar-refractivity contribution < 1.29 is 22.8 Å². The van der Waals surface area contributed by atoms with Crippen molar-refractivity contribution in [3.63, 3.8) is 0 Å². The van der Waals surface area contributed by atoms with Gasteiger partial charge in [0.05, 0.1) is 11.9 Å². The number of aryl methyl sites for hydroxylation is 1. The van der Waals surface area contributed by atoms with Crippen molar-refractivity contribution in [1.29, 1.82) is 0 Å². The van der Waals surface area contributed by atoms with Gasteiger partial charge in [0.25, 0.3) is 11.8 Å². The maximum absolute atomic E-state index is 12.8. The van der Waals surface area contributed by atoms with E-state index in [4.69, 9.17) is 0 Å². The Morgan fingerprint density at radius 2 is 1.86 bits per heavy atom. The lowest BCUT2D eigenvalue weighted by molar-refractivity contribution is -0.134. The van der Waals surface area contributed by atoms with Crippen LogP contribution in [0.15, 0.2) is 18.2 Å². The maximum atomic E-state index is 12.8. The molecule has 0 unspecified atom stereocenters. The molecule has 1 aromatic rings. The van der Waals surface area contributed by atoms with Crippen LogP contribution in [-0.4, -0.2) is 49.6 Å². The standard InChI is InChI=1S/C19H24N4O5S/c1-29(27,28)22-11-5-6-13-12-14(7-8-15(13)22)16(24)21-23-17(25)19(20-18(23)26)9-3-2-4-10-19/h7-8,12H,2-6,9-11H2,1H3,(H,20,26)(H,21,24). The van der Waals surface area contributed by atoms with Gasteiger partial charge in [0.1, 0.15) is 5.54 Å². The van der Waals surface area contributed by atoms with Crippen LogP contribution in [0.4, 0.5) is 10.5 Å². The van der Waals surface area contributed by atoms with E-state index in [2.05, 4.69) is 10.7 Å². The van der Waals surface area contributed by atoms with E-state index in [9.17, 15) is 22.8 Å². The number of fused-ring (bicyclic) bond motifs is 1. The average Bonchev–Trinajstić information content (AvgIpc) is 2.90. The van der Waals surface area contributed by atoms with Crippen LogP contribution in [0, 0.1) is 0 Å². The Bertz CT molecular complexity index is 984. The summed E-state index contributed by atoms with van der Waals surface area (Å²) in [5.41, 5.74) is 3.08. The number of nitrogens with zero attached hydrogens (tertiary/aromatic N) is 2. The van der Waals surface area contributed by atoms with Gasteiger partial charge in [-0.2, -0.15) is 5.01 Å². The van der Waals surface area contributed by atoms with Gasteiger partial charge in [0.15, 0.2) is 0 Å². The van der Waals surface area contributed by atoms with Gasteiger partial charge in [-0.3, -0.25) is 19.3 Å². The van der Waals surface area contributed by atoms with Crippen molar-refractivity contribution in [2.24, 2.45) is 0 Å². The largest absolute Gasteiger partial charge is 0.344 e. The van der Waals surface area contributed by atoms with Crippen molar-refractivity contribution in [1.82, 2.24) is 15.8 Å². The smallest absolute Gasteiger partial charge is 0.322 e. The summed E-state index contributed by atoms with van der Waals surface area (Å²) >= 11 is 0. The average molecular weight is 420 g/mol. The minimum Gasteiger partial charge on any atom is -0.322 e. The summed E-state index contributed by atoms with van der Waals surface area (Å²) < 4.78 is 25.3. The van der Waals surface area contributed by atoms with E-state index in [0.29, 0.717) is 37.9 Å². The van der Waals surface area contributed by atoms with E-state index in [-0.39, 0.29) is 5.56 Å². The van der Waals surface area contributed by atoms with Crippen LogP contribution >= 0.6 is 0 Å². The predicted octanol–water partition coefficient (Wildman–Crippen LogP) is 1.30. The lowest BCUT2D eigenvalue weighted by atomic mass is 9.82. The first kappa shape index (κ1) is 19.7. The third-order valence-electron chi connectivity index (χ3n) is 5.90. The third kappa shape index (κ3) is 3.45. The normalized spacial score (nSPS) is 21.1. The second-order valence-electron chi connectivity index (χ2n) is 7.94. The topological polar surface area (TPSA) is 116 Å². The van der Waals surface area contributed by atoms with Crippen molar-refractivity contribution in [3.8, 4) is 0 Å². The van der Waals surface area contributed by atoms with E-state index in [0.717, 1.165) is 36.1 Å². The molecule has 0 bridgehead atoms. The number of urea groups is 1. The number of benzene rings is 1. The highest BCUT2D eigenvalue weighted by atomic mass is 32.2. The predicted molar refractivity (Wildman–Crippen MR) is 106 cm³/mol. The molecule has 2 heterocycles. The molecule has 1 aliphatic carbocycles. The molecule has 4 amide bonds. The van der Waals surface area contributed by atoms with Gasteiger partial charge >= 0.3 is 6.03 Å². The minimum absolute atomic E-state index is 0.268. The van der Waals surface area contributed by atoms with Gasteiger partial charge in [-0.05, 0) is 49.4 Å². The SMILES string of the molecule is CS(=O)(=O)N1CCCc2cc(C(=O)NN3C(=O)NC4(CCCCC4)C3=O)ccc21. The molecule has 4 rings (SSSR count). The molecule has 1 spiro atoms. The van der Waals surface area contributed by atoms with E-state index < -0.39 is 33.4 Å². The Hall–Kier alpha value is -2.62. The number of imide groups is 1. The molecule has 1 aromatic carbocycles. The van der Waals surface area contributed by atoms with Gasteiger partial charge in [0.2, 0.25) is 10.0 Å². The molecule has 0 aromatic heterocycles. The van der Waals surface area contributed by atoms with Crippen LogP contribution in [0.2, 0.25) is 0 Å². The number of anilines is 1. The number of hydrogen-bond donors (Lipinski definition) is 2. The first-order valence-electron chi connectivity index (χ1n) is 9.80. The third-order valence-corrected chi connectivity index (χ3v) is 7.08. The van der Waals surface area contributed by atoms with Gasteiger partial charge in [-0.25, -0.2) is 13.2 Å². The molecule has 1 saturated carbocycles. The fraction of sp³-hybridized carbons (Fsp3) is 0.526.